The quantitative estimate of drug-likeness (QED) is 0.508. The SMILES string of the molecule is CCCCN(CCC(=O)N1CCN(Cc2ccccc2)CC1)S(=O)(=O)c1c(C)cc(C)cc1C. The monoisotopic (exact) mass is 485 g/mol. The highest BCUT2D eigenvalue weighted by Gasteiger charge is 2.29. The van der Waals surface area contributed by atoms with Gasteiger partial charge in [-0.15, -0.1) is 0 Å². The van der Waals surface area contributed by atoms with Crippen molar-refractivity contribution in [2.75, 3.05) is 39.3 Å². The summed E-state index contributed by atoms with van der Waals surface area (Å²) in [5.74, 6) is 0.0356. The zero-order chi connectivity index (χ0) is 24.7. The van der Waals surface area contributed by atoms with Gasteiger partial charge in [0.15, 0.2) is 0 Å². The molecule has 1 amide bonds. The topological polar surface area (TPSA) is 60.9 Å². The van der Waals surface area contributed by atoms with Crippen molar-refractivity contribution >= 4 is 15.9 Å². The zero-order valence-corrected chi connectivity index (χ0v) is 21.9. The van der Waals surface area contributed by atoms with Gasteiger partial charge in [0.25, 0.3) is 0 Å². The number of nitrogens with zero attached hydrogens (tertiary/aromatic N) is 3. The predicted molar refractivity (Wildman–Crippen MR) is 137 cm³/mol. The summed E-state index contributed by atoms with van der Waals surface area (Å²) >= 11 is 0. The average molecular weight is 486 g/mol. The minimum absolute atomic E-state index is 0.0356. The zero-order valence-electron chi connectivity index (χ0n) is 21.1. The summed E-state index contributed by atoms with van der Waals surface area (Å²) in [7, 11) is -3.67. The normalized spacial score (nSPS) is 15.1. The highest BCUT2D eigenvalue weighted by atomic mass is 32.2. The fourth-order valence-electron chi connectivity index (χ4n) is 4.76. The first-order valence-electron chi connectivity index (χ1n) is 12.3. The third-order valence-electron chi connectivity index (χ3n) is 6.51. The van der Waals surface area contributed by atoms with E-state index in [1.807, 2.05) is 62.9 Å². The van der Waals surface area contributed by atoms with E-state index >= 15 is 0 Å². The number of amides is 1. The van der Waals surface area contributed by atoms with E-state index in [-0.39, 0.29) is 18.9 Å². The van der Waals surface area contributed by atoms with Gasteiger partial charge in [0, 0.05) is 52.2 Å². The van der Waals surface area contributed by atoms with Gasteiger partial charge in [-0.2, -0.15) is 4.31 Å². The van der Waals surface area contributed by atoms with Gasteiger partial charge in [0.1, 0.15) is 0 Å². The number of sulfonamides is 1. The van der Waals surface area contributed by atoms with Crippen LogP contribution in [-0.4, -0.2) is 67.7 Å². The van der Waals surface area contributed by atoms with E-state index in [4.69, 9.17) is 0 Å². The van der Waals surface area contributed by atoms with E-state index in [2.05, 4.69) is 17.0 Å². The fourth-order valence-corrected chi connectivity index (χ4v) is 6.66. The molecule has 7 heteroatoms. The van der Waals surface area contributed by atoms with Gasteiger partial charge >= 0.3 is 0 Å². The molecule has 1 aliphatic heterocycles. The van der Waals surface area contributed by atoms with Crippen molar-refractivity contribution in [1.82, 2.24) is 14.1 Å². The van der Waals surface area contributed by atoms with Crippen molar-refractivity contribution in [3.8, 4) is 0 Å². The standard InChI is InChI=1S/C27H39N3O3S/c1-5-6-13-30(34(32,33)27-23(3)19-22(2)20-24(27)4)14-12-26(31)29-17-15-28(16-18-29)21-25-10-8-7-9-11-25/h7-11,19-20H,5-6,12-18,21H2,1-4H3. The molecule has 6 nitrogen and oxygen atoms in total. The minimum atomic E-state index is -3.67. The highest BCUT2D eigenvalue weighted by Crippen LogP contribution is 2.26. The van der Waals surface area contributed by atoms with E-state index in [1.54, 1.807) is 0 Å². The number of hydrogen-bond acceptors (Lipinski definition) is 4. The van der Waals surface area contributed by atoms with Gasteiger partial charge in [-0.05, 0) is 43.9 Å². The molecule has 0 unspecified atom stereocenters. The Kier molecular flexibility index (Phi) is 9.28. The average Bonchev–Trinajstić information content (AvgIpc) is 2.79. The summed E-state index contributed by atoms with van der Waals surface area (Å²) in [6.07, 6.45) is 1.89. The van der Waals surface area contributed by atoms with Crippen LogP contribution in [0.25, 0.3) is 0 Å². The van der Waals surface area contributed by atoms with Crippen LogP contribution in [0, 0.1) is 20.8 Å². The lowest BCUT2D eigenvalue weighted by atomic mass is 10.1. The lowest BCUT2D eigenvalue weighted by Gasteiger charge is -2.35. The molecule has 2 aromatic rings. The maximum Gasteiger partial charge on any atom is 0.243 e. The number of carbonyl (C=O) groups excluding carboxylic acids is 1. The number of unbranched alkanes of at least 4 members (excludes halogenated alkanes) is 1. The Hall–Kier alpha value is -2.22. The van der Waals surface area contributed by atoms with E-state index in [0.717, 1.165) is 49.2 Å². The lowest BCUT2D eigenvalue weighted by molar-refractivity contribution is -0.133. The Morgan fingerprint density at radius 1 is 0.941 bits per heavy atom. The van der Waals surface area contributed by atoms with Crippen molar-refractivity contribution in [3.63, 3.8) is 0 Å². The molecule has 34 heavy (non-hydrogen) atoms. The van der Waals surface area contributed by atoms with Crippen molar-refractivity contribution < 1.29 is 13.2 Å². The smallest absolute Gasteiger partial charge is 0.243 e. The van der Waals surface area contributed by atoms with Crippen LogP contribution in [0.15, 0.2) is 47.4 Å². The maximum atomic E-state index is 13.6. The molecule has 0 N–H and O–H groups in total. The van der Waals surface area contributed by atoms with Crippen LogP contribution in [0.1, 0.15) is 48.4 Å². The Morgan fingerprint density at radius 2 is 1.56 bits per heavy atom. The Morgan fingerprint density at radius 3 is 2.15 bits per heavy atom. The molecule has 1 aliphatic rings. The van der Waals surface area contributed by atoms with Gasteiger partial charge in [0.05, 0.1) is 4.90 Å². The molecule has 0 atom stereocenters. The number of benzene rings is 2. The van der Waals surface area contributed by atoms with E-state index in [9.17, 15) is 13.2 Å². The van der Waals surface area contributed by atoms with Crippen molar-refractivity contribution in [2.24, 2.45) is 0 Å². The molecule has 0 aliphatic carbocycles. The molecular weight excluding hydrogens is 446 g/mol. The molecule has 3 rings (SSSR count). The molecule has 0 spiro atoms. The number of rotatable bonds is 10. The first-order valence-corrected chi connectivity index (χ1v) is 13.8. The Balaban J connectivity index is 1.61. The van der Waals surface area contributed by atoms with Crippen molar-refractivity contribution in [1.29, 1.82) is 0 Å². The molecule has 0 radical (unpaired) electrons. The van der Waals surface area contributed by atoms with Crippen LogP contribution in [-0.2, 0) is 21.4 Å². The van der Waals surface area contributed by atoms with Crippen molar-refractivity contribution in [3.05, 3.63) is 64.7 Å². The molecule has 1 saturated heterocycles. The summed E-state index contributed by atoms with van der Waals surface area (Å²) in [5, 5.41) is 0. The largest absolute Gasteiger partial charge is 0.340 e. The molecule has 0 saturated carbocycles. The predicted octanol–water partition coefficient (Wildman–Crippen LogP) is 4.14. The van der Waals surface area contributed by atoms with Crippen LogP contribution in [0.5, 0.6) is 0 Å². The third-order valence-corrected chi connectivity index (χ3v) is 8.72. The summed E-state index contributed by atoms with van der Waals surface area (Å²) < 4.78 is 28.7. The van der Waals surface area contributed by atoms with E-state index < -0.39 is 10.0 Å². The molecule has 1 fully saturated rings. The first-order chi connectivity index (χ1) is 16.2. The summed E-state index contributed by atoms with van der Waals surface area (Å²) in [6.45, 7) is 12.3. The second-order valence-electron chi connectivity index (χ2n) is 9.38. The van der Waals surface area contributed by atoms with Gasteiger partial charge in [-0.3, -0.25) is 9.69 Å². The fraction of sp³-hybridized carbons (Fsp3) is 0.519. The minimum Gasteiger partial charge on any atom is -0.340 e. The Labute approximate surface area is 205 Å². The van der Waals surface area contributed by atoms with Gasteiger partial charge in [-0.1, -0.05) is 61.4 Å². The van der Waals surface area contributed by atoms with Crippen molar-refractivity contribution in [2.45, 2.75) is 58.4 Å². The van der Waals surface area contributed by atoms with Crippen LogP contribution >= 0.6 is 0 Å². The van der Waals surface area contributed by atoms with Gasteiger partial charge in [-0.25, -0.2) is 8.42 Å². The third kappa shape index (κ3) is 6.68. The first kappa shape index (κ1) is 26.4. The van der Waals surface area contributed by atoms with Crippen LogP contribution in [0.2, 0.25) is 0 Å². The number of piperazine rings is 1. The molecule has 0 aromatic heterocycles. The maximum absolute atomic E-state index is 13.6. The van der Waals surface area contributed by atoms with Crippen LogP contribution in [0.4, 0.5) is 0 Å². The van der Waals surface area contributed by atoms with Gasteiger partial charge < -0.3 is 4.90 Å². The summed E-state index contributed by atoms with van der Waals surface area (Å²) in [6, 6.07) is 14.2. The molecule has 1 heterocycles. The van der Waals surface area contributed by atoms with Crippen LogP contribution < -0.4 is 0 Å². The molecular formula is C27H39N3O3S. The molecule has 0 bridgehead atoms. The summed E-state index contributed by atoms with van der Waals surface area (Å²) in [4.78, 5) is 17.6. The van der Waals surface area contributed by atoms with E-state index in [0.29, 0.717) is 24.5 Å². The highest BCUT2D eigenvalue weighted by molar-refractivity contribution is 7.89. The van der Waals surface area contributed by atoms with E-state index in [1.165, 1.54) is 9.87 Å². The van der Waals surface area contributed by atoms with Gasteiger partial charge in [0.2, 0.25) is 15.9 Å². The molecule has 2 aromatic carbocycles. The number of hydrogen-bond donors (Lipinski definition) is 0. The second kappa shape index (κ2) is 12.0. The number of carbonyl (C=O) groups is 1. The lowest BCUT2D eigenvalue weighted by Crippen LogP contribution is -2.49. The molecule has 186 valence electrons. The van der Waals surface area contributed by atoms with Crippen LogP contribution in [0.3, 0.4) is 0 Å². The summed E-state index contributed by atoms with van der Waals surface area (Å²) in [5.41, 5.74) is 3.86. The second-order valence-corrected chi connectivity index (χ2v) is 11.3. The number of aryl methyl sites for hydroxylation is 3. The Bertz CT molecular complexity index is 1040.